The maximum Gasteiger partial charge on any atom is 0.269 e. The predicted octanol–water partition coefficient (Wildman–Crippen LogP) is 1.63. The zero-order valence-electron chi connectivity index (χ0n) is 12.1. The van der Waals surface area contributed by atoms with Crippen LogP contribution in [0.2, 0.25) is 0 Å². The average molecular weight is 283 g/mol. The van der Waals surface area contributed by atoms with Gasteiger partial charge in [0.15, 0.2) is 0 Å². The molecule has 0 saturated carbocycles. The van der Waals surface area contributed by atoms with Crippen LogP contribution in [0.25, 0.3) is 0 Å². The molecule has 6 nitrogen and oxygen atoms in total. The van der Waals surface area contributed by atoms with Crippen molar-refractivity contribution < 1.29 is 0 Å². The molecule has 0 aliphatic heterocycles. The molecule has 0 radical (unpaired) electrons. The second-order valence-corrected chi connectivity index (χ2v) is 5.18. The zero-order chi connectivity index (χ0) is 15.2. The number of anilines is 1. The van der Waals surface area contributed by atoms with Crippen LogP contribution in [-0.2, 0) is 6.54 Å². The van der Waals surface area contributed by atoms with E-state index >= 15 is 0 Å². The average Bonchev–Trinajstić information content (AvgIpc) is 2.48. The van der Waals surface area contributed by atoms with Gasteiger partial charge in [-0.25, -0.2) is 9.67 Å². The van der Waals surface area contributed by atoms with Crippen LogP contribution in [0.1, 0.15) is 25.1 Å². The Bertz CT molecular complexity index is 714. The third kappa shape index (κ3) is 4.14. The number of hydrogen-bond donors (Lipinski definition) is 1. The molecule has 2 aromatic heterocycles. The molecule has 2 aromatic rings. The van der Waals surface area contributed by atoms with Crippen molar-refractivity contribution in [3.8, 4) is 6.07 Å². The van der Waals surface area contributed by atoms with Crippen LogP contribution in [-0.4, -0.2) is 21.3 Å². The quantitative estimate of drug-likeness (QED) is 0.901. The molecular formula is C15H17N5O. The standard InChI is InChI=1S/C15H17N5O/c1-11(2)8-18-14-6-15(21)20(19-9-14)10-12-3-4-17-13(5-12)7-16/h3-6,9,11,18H,8,10H2,1-2H3. The maximum atomic E-state index is 12.0. The molecule has 2 rings (SSSR count). The molecule has 0 bridgehead atoms. The largest absolute Gasteiger partial charge is 0.383 e. The molecule has 21 heavy (non-hydrogen) atoms. The van der Waals surface area contributed by atoms with Crippen molar-refractivity contribution in [2.24, 2.45) is 5.92 Å². The summed E-state index contributed by atoms with van der Waals surface area (Å²) in [6.45, 7) is 5.30. The van der Waals surface area contributed by atoms with Gasteiger partial charge in [-0.3, -0.25) is 4.79 Å². The summed E-state index contributed by atoms with van der Waals surface area (Å²) >= 11 is 0. The van der Waals surface area contributed by atoms with E-state index in [-0.39, 0.29) is 5.56 Å². The summed E-state index contributed by atoms with van der Waals surface area (Å²) in [5.41, 5.74) is 1.69. The van der Waals surface area contributed by atoms with Gasteiger partial charge in [-0.2, -0.15) is 10.4 Å². The van der Waals surface area contributed by atoms with Gasteiger partial charge in [0.05, 0.1) is 18.4 Å². The molecule has 6 heteroatoms. The first-order chi connectivity index (χ1) is 10.1. The Hall–Kier alpha value is -2.68. The van der Waals surface area contributed by atoms with E-state index < -0.39 is 0 Å². The van der Waals surface area contributed by atoms with Crippen molar-refractivity contribution in [2.75, 3.05) is 11.9 Å². The second kappa shape index (κ2) is 6.66. The fourth-order valence-corrected chi connectivity index (χ4v) is 1.78. The van der Waals surface area contributed by atoms with Crippen LogP contribution in [0.5, 0.6) is 0 Å². The fraction of sp³-hybridized carbons (Fsp3) is 0.333. The van der Waals surface area contributed by atoms with Gasteiger partial charge >= 0.3 is 0 Å². The molecule has 2 heterocycles. The van der Waals surface area contributed by atoms with E-state index in [9.17, 15) is 4.79 Å². The van der Waals surface area contributed by atoms with Crippen LogP contribution in [0.4, 0.5) is 5.69 Å². The normalized spacial score (nSPS) is 10.4. The van der Waals surface area contributed by atoms with Gasteiger partial charge < -0.3 is 5.32 Å². The molecule has 0 spiro atoms. The smallest absolute Gasteiger partial charge is 0.269 e. The van der Waals surface area contributed by atoms with Gasteiger partial charge in [0.25, 0.3) is 5.56 Å². The van der Waals surface area contributed by atoms with Crippen LogP contribution in [0.3, 0.4) is 0 Å². The van der Waals surface area contributed by atoms with Crippen molar-refractivity contribution in [3.05, 3.63) is 52.2 Å². The predicted molar refractivity (Wildman–Crippen MR) is 79.9 cm³/mol. The minimum atomic E-state index is -0.181. The molecule has 0 atom stereocenters. The first-order valence-corrected chi connectivity index (χ1v) is 6.74. The number of nitrogens with one attached hydrogen (secondary N) is 1. The molecule has 0 aliphatic rings. The highest BCUT2D eigenvalue weighted by molar-refractivity contribution is 5.38. The van der Waals surface area contributed by atoms with Crippen molar-refractivity contribution in [1.82, 2.24) is 14.8 Å². The van der Waals surface area contributed by atoms with Crippen molar-refractivity contribution in [1.29, 1.82) is 5.26 Å². The molecular weight excluding hydrogens is 266 g/mol. The Morgan fingerprint density at radius 1 is 1.43 bits per heavy atom. The molecule has 0 amide bonds. The SMILES string of the molecule is CC(C)CNc1cnn(Cc2ccnc(C#N)c2)c(=O)c1. The van der Waals surface area contributed by atoms with E-state index in [0.29, 0.717) is 18.2 Å². The lowest BCUT2D eigenvalue weighted by Gasteiger charge is -2.09. The van der Waals surface area contributed by atoms with Crippen molar-refractivity contribution >= 4 is 5.69 Å². The summed E-state index contributed by atoms with van der Waals surface area (Å²) in [6.07, 6.45) is 3.19. The molecule has 0 unspecified atom stereocenters. The Labute approximate surface area is 123 Å². The van der Waals surface area contributed by atoms with Gasteiger partial charge in [-0.15, -0.1) is 0 Å². The first kappa shape index (κ1) is 14.7. The van der Waals surface area contributed by atoms with Crippen molar-refractivity contribution in [3.63, 3.8) is 0 Å². The van der Waals surface area contributed by atoms with E-state index in [4.69, 9.17) is 5.26 Å². The van der Waals surface area contributed by atoms with Crippen LogP contribution >= 0.6 is 0 Å². The van der Waals surface area contributed by atoms with Crippen LogP contribution in [0.15, 0.2) is 35.4 Å². The van der Waals surface area contributed by atoms with Gasteiger partial charge in [-0.1, -0.05) is 13.8 Å². The van der Waals surface area contributed by atoms with E-state index in [1.54, 1.807) is 24.5 Å². The Balaban J connectivity index is 2.14. The van der Waals surface area contributed by atoms with E-state index in [1.807, 2.05) is 6.07 Å². The summed E-state index contributed by atoms with van der Waals surface area (Å²) in [6, 6.07) is 6.92. The molecule has 1 N–H and O–H groups in total. The number of pyridine rings is 1. The minimum absolute atomic E-state index is 0.181. The van der Waals surface area contributed by atoms with E-state index in [1.165, 1.54) is 10.7 Å². The zero-order valence-corrected chi connectivity index (χ0v) is 12.1. The van der Waals surface area contributed by atoms with Gasteiger partial charge in [0.2, 0.25) is 0 Å². The lowest BCUT2D eigenvalue weighted by Crippen LogP contribution is -2.23. The number of nitriles is 1. The minimum Gasteiger partial charge on any atom is -0.383 e. The third-order valence-corrected chi connectivity index (χ3v) is 2.86. The first-order valence-electron chi connectivity index (χ1n) is 6.74. The van der Waals surface area contributed by atoms with Crippen molar-refractivity contribution in [2.45, 2.75) is 20.4 Å². The van der Waals surface area contributed by atoms with Gasteiger partial charge in [-0.05, 0) is 23.6 Å². The molecule has 108 valence electrons. The monoisotopic (exact) mass is 283 g/mol. The summed E-state index contributed by atoms with van der Waals surface area (Å²) in [5, 5.41) is 16.1. The fourth-order valence-electron chi connectivity index (χ4n) is 1.78. The lowest BCUT2D eigenvalue weighted by atomic mass is 10.2. The highest BCUT2D eigenvalue weighted by atomic mass is 16.1. The topological polar surface area (TPSA) is 83.6 Å². The van der Waals surface area contributed by atoms with Gasteiger partial charge in [0.1, 0.15) is 11.8 Å². The molecule has 0 saturated heterocycles. The van der Waals surface area contributed by atoms with Crippen LogP contribution in [0, 0.1) is 17.2 Å². The van der Waals surface area contributed by atoms with Crippen LogP contribution < -0.4 is 10.9 Å². The Morgan fingerprint density at radius 2 is 2.24 bits per heavy atom. The third-order valence-electron chi connectivity index (χ3n) is 2.86. The number of aromatic nitrogens is 3. The van der Waals surface area contributed by atoms with E-state index in [2.05, 4.69) is 29.2 Å². The molecule has 0 aromatic carbocycles. The maximum absolute atomic E-state index is 12.0. The number of nitrogens with zero attached hydrogens (tertiary/aromatic N) is 4. The summed E-state index contributed by atoms with van der Waals surface area (Å²) in [5.74, 6) is 0.494. The molecule has 0 aliphatic carbocycles. The Morgan fingerprint density at radius 3 is 2.90 bits per heavy atom. The molecule has 0 fully saturated rings. The summed E-state index contributed by atoms with van der Waals surface area (Å²) in [7, 11) is 0. The van der Waals surface area contributed by atoms with Gasteiger partial charge in [0, 0.05) is 18.8 Å². The summed E-state index contributed by atoms with van der Waals surface area (Å²) in [4.78, 5) is 15.9. The highest BCUT2D eigenvalue weighted by Crippen LogP contribution is 2.05. The lowest BCUT2D eigenvalue weighted by molar-refractivity contribution is 0.636. The number of hydrogen-bond acceptors (Lipinski definition) is 5. The Kier molecular flexibility index (Phi) is 4.67. The summed E-state index contributed by atoms with van der Waals surface area (Å²) < 4.78 is 1.36. The number of rotatable bonds is 5. The highest BCUT2D eigenvalue weighted by Gasteiger charge is 2.03. The van der Waals surface area contributed by atoms with E-state index in [0.717, 1.165) is 17.8 Å². The second-order valence-electron chi connectivity index (χ2n) is 5.18.